The van der Waals surface area contributed by atoms with Gasteiger partial charge >= 0.3 is 11.9 Å². The minimum atomic E-state index is -1.35. The molecule has 0 aromatic carbocycles. The van der Waals surface area contributed by atoms with Crippen molar-refractivity contribution in [3.05, 3.63) is 0 Å². The number of esters is 2. The van der Waals surface area contributed by atoms with E-state index in [2.05, 4.69) is 4.74 Å². The summed E-state index contributed by atoms with van der Waals surface area (Å²) in [7, 11) is 0. The van der Waals surface area contributed by atoms with E-state index in [1.807, 2.05) is 0 Å². The van der Waals surface area contributed by atoms with E-state index in [9.17, 15) is 14.4 Å². The molecule has 0 amide bonds. The highest BCUT2D eigenvalue weighted by Gasteiger charge is 2.16. The lowest BCUT2D eigenvalue weighted by Gasteiger charge is -2.02. The number of hydrogen-bond donors (Lipinski definition) is 1. The minimum Gasteiger partial charge on any atom is -0.391 e. The SMILES string of the molecule is CC(=O)CC(=O)OC(=O)[C@H](C)O. The molecule has 0 bridgehead atoms. The third-order valence-electron chi connectivity index (χ3n) is 0.949. The van der Waals surface area contributed by atoms with Crippen LogP contribution >= 0.6 is 0 Å². The Hall–Kier alpha value is -1.23. The molecule has 0 saturated carbocycles. The molecule has 0 rings (SSSR count). The summed E-state index contributed by atoms with van der Waals surface area (Å²) in [6.45, 7) is 2.37. The van der Waals surface area contributed by atoms with E-state index in [1.165, 1.54) is 13.8 Å². The predicted octanol–water partition coefficient (Wildman–Crippen LogP) is -0.584. The fraction of sp³-hybridized carbons (Fsp3) is 0.571. The Morgan fingerprint density at radius 3 is 2.25 bits per heavy atom. The van der Waals surface area contributed by atoms with E-state index >= 15 is 0 Å². The number of aliphatic hydroxyl groups is 1. The summed E-state index contributed by atoms with van der Waals surface area (Å²) in [5, 5.41) is 8.59. The minimum absolute atomic E-state index is 0.390. The van der Waals surface area contributed by atoms with Crippen molar-refractivity contribution in [2.45, 2.75) is 26.4 Å². The molecule has 5 heteroatoms. The molecule has 0 aromatic rings. The lowest BCUT2D eigenvalue weighted by molar-refractivity contribution is -0.165. The highest BCUT2D eigenvalue weighted by molar-refractivity contribution is 5.98. The molecule has 1 atom stereocenters. The van der Waals surface area contributed by atoms with Crippen LogP contribution in [0.5, 0.6) is 0 Å². The number of Topliss-reactive ketones (excluding diaryl/α,β-unsaturated/α-hetero) is 1. The van der Waals surface area contributed by atoms with Gasteiger partial charge in [-0.05, 0) is 13.8 Å². The molecule has 0 aromatic heterocycles. The second-order valence-corrected chi connectivity index (χ2v) is 2.35. The van der Waals surface area contributed by atoms with E-state index in [0.29, 0.717) is 0 Å². The van der Waals surface area contributed by atoms with Gasteiger partial charge in [0.25, 0.3) is 0 Å². The van der Waals surface area contributed by atoms with Gasteiger partial charge in [0, 0.05) is 0 Å². The average molecular weight is 174 g/mol. The Balaban J connectivity index is 3.85. The first-order valence-corrected chi connectivity index (χ1v) is 3.35. The van der Waals surface area contributed by atoms with Gasteiger partial charge < -0.3 is 9.84 Å². The van der Waals surface area contributed by atoms with E-state index < -0.39 is 30.2 Å². The van der Waals surface area contributed by atoms with Crippen molar-refractivity contribution < 1.29 is 24.2 Å². The third-order valence-corrected chi connectivity index (χ3v) is 0.949. The molecular weight excluding hydrogens is 164 g/mol. The first kappa shape index (κ1) is 10.8. The molecular formula is C7H10O5. The van der Waals surface area contributed by atoms with Crippen LogP contribution in [-0.2, 0) is 19.1 Å². The standard InChI is InChI=1S/C7H10O5/c1-4(8)3-6(10)12-7(11)5(2)9/h5,9H,3H2,1-2H3/t5-/m0/s1. The summed E-state index contributed by atoms with van der Waals surface area (Å²) in [5.74, 6) is -2.37. The predicted molar refractivity (Wildman–Crippen MR) is 38.1 cm³/mol. The molecule has 1 N–H and O–H groups in total. The molecule has 68 valence electrons. The van der Waals surface area contributed by atoms with E-state index in [0.717, 1.165) is 0 Å². The first-order valence-electron chi connectivity index (χ1n) is 3.35. The van der Waals surface area contributed by atoms with Gasteiger partial charge in [-0.3, -0.25) is 9.59 Å². The molecule has 0 saturated heterocycles. The molecule has 0 heterocycles. The van der Waals surface area contributed by atoms with Crippen LogP contribution in [0.15, 0.2) is 0 Å². The number of ketones is 1. The zero-order chi connectivity index (χ0) is 9.72. The van der Waals surface area contributed by atoms with Crippen LogP contribution in [0.4, 0.5) is 0 Å². The monoisotopic (exact) mass is 174 g/mol. The summed E-state index contributed by atoms with van der Waals surface area (Å²) in [4.78, 5) is 31.5. The topological polar surface area (TPSA) is 80.7 Å². The maximum atomic E-state index is 10.6. The summed E-state index contributed by atoms with van der Waals surface area (Å²) < 4.78 is 4.07. The van der Waals surface area contributed by atoms with E-state index in [-0.39, 0.29) is 0 Å². The quantitative estimate of drug-likeness (QED) is 0.457. The Morgan fingerprint density at radius 2 is 1.92 bits per heavy atom. The number of aliphatic hydroxyl groups excluding tert-OH is 1. The normalized spacial score (nSPS) is 11.9. The fourth-order valence-corrected chi connectivity index (χ4v) is 0.437. The van der Waals surface area contributed by atoms with Gasteiger partial charge in [-0.15, -0.1) is 0 Å². The second kappa shape index (κ2) is 4.61. The molecule has 0 aliphatic rings. The number of carbonyl (C=O) groups excluding carboxylic acids is 3. The van der Waals surface area contributed by atoms with Gasteiger partial charge in [0.1, 0.15) is 18.3 Å². The van der Waals surface area contributed by atoms with Crippen LogP contribution in [0.2, 0.25) is 0 Å². The lowest BCUT2D eigenvalue weighted by atomic mass is 10.3. The van der Waals surface area contributed by atoms with Crippen LogP contribution in [0.25, 0.3) is 0 Å². The molecule has 5 nitrogen and oxygen atoms in total. The van der Waals surface area contributed by atoms with Crippen LogP contribution < -0.4 is 0 Å². The average Bonchev–Trinajstić information content (AvgIpc) is 1.84. The fourth-order valence-electron chi connectivity index (χ4n) is 0.437. The van der Waals surface area contributed by atoms with Crippen LogP contribution in [0.3, 0.4) is 0 Å². The summed E-state index contributed by atoms with van der Waals surface area (Å²) >= 11 is 0. The number of rotatable bonds is 3. The van der Waals surface area contributed by atoms with Crippen molar-refractivity contribution >= 4 is 17.7 Å². The van der Waals surface area contributed by atoms with Gasteiger partial charge in [-0.25, -0.2) is 4.79 Å². The Kier molecular flexibility index (Phi) is 4.14. The van der Waals surface area contributed by atoms with Crippen molar-refractivity contribution in [3.8, 4) is 0 Å². The Labute approximate surface area is 69.3 Å². The van der Waals surface area contributed by atoms with Gasteiger partial charge in [-0.1, -0.05) is 0 Å². The maximum Gasteiger partial charge on any atom is 0.342 e. The lowest BCUT2D eigenvalue weighted by Crippen LogP contribution is -2.23. The smallest absolute Gasteiger partial charge is 0.342 e. The van der Waals surface area contributed by atoms with Gasteiger partial charge in [-0.2, -0.15) is 0 Å². The molecule has 0 radical (unpaired) electrons. The number of ether oxygens (including phenoxy) is 1. The highest BCUT2D eigenvalue weighted by atomic mass is 16.6. The molecule has 0 spiro atoms. The molecule has 0 aliphatic carbocycles. The molecule has 0 fully saturated rings. The van der Waals surface area contributed by atoms with Crippen molar-refractivity contribution in [2.75, 3.05) is 0 Å². The Morgan fingerprint density at radius 1 is 1.42 bits per heavy atom. The van der Waals surface area contributed by atoms with Crippen LogP contribution in [0.1, 0.15) is 20.3 Å². The van der Waals surface area contributed by atoms with Crippen molar-refractivity contribution in [1.82, 2.24) is 0 Å². The molecule has 12 heavy (non-hydrogen) atoms. The highest BCUT2D eigenvalue weighted by Crippen LogP contribution is 1.92. The zero-order valence-electron chi connectivity index (χ0n) is 6.86. The third kappa shape index (κ3) is 4.56. The van der Waals surface area contributed by atoms with Crippen LogP contribution in [0, 0.1) is 0 Å². The van der Waals surface area contributed by atoms with Gasteiger partial charge in [0.2, 0.25) is 0 Å². The van der Waals surface area contributed by atoms with Gasteiger partial charge in [0.15, 0.2) is 0 Å². The molecule has 0 aliphatic heterocycles. The number of carbonyl (C=O) groups is 3. The largest absolute Gasteiger partial charge is 0.391 e. The summed E-state index contributed by atoms with van der Waals surface area (Å²) in [5.41, 5.74) is 0. The van der Waals surface area contributed by atoms with E-state index in [1.54, 1.807) is 0 Å². The summed E-state index contributed by atoms with van der Waals surface area (Å²) in [6.07, 6.45) is -1.79. The van der Waals surface area contributed by atoms with Crippen molar-refractivity contribution in [2.24, 2.45) is 0 Å². The van der Waals surface area contributed by atoms with E-state index in [4.69, 9.17) is 5.11 Å². The maximum absolute atomic E-state index is 10.6. The van der Waals surface area contributed by atoms with Crippen LogP contribution in [-0.4, -0.2) is 28.9 Å². The molecule has 0 unspecified atom stereocenters. The van der Waals surface area contributed by atoms with Crippen molar-refractivity contribution in [1.29, 1.82) is 0 Å². The van der Waals surface area contributed by atoms with Gasteiger partial charge in [0.05, 0.1) is 0 Å². The summed E-state index contributed by atoms with van der Waals surface area (Å²) in [6, 6.07) is 0. The first-order chi connectivity index (χ1) is 5.43. The second-order valence-electron chi connectivity index (χ2n) is 2.35. The van der Waals surface area contributed by atoms with Crippen molar-refractivity contribution in [3.63, 3.8) is 0 Å². The zero-order valence-corrected chi connectivity index (χ0v) is 6.86. The Bertz CT molecular complexity index is 206. The number of hydrogen-bond acceptors (Lipinski definition) is 5.